The maximum atomic E-state index is 13.3. The molecular weight excluding hydrogens is 408 g/mol. The number of aryl methyl sites for hydroxylation is 3. The Kier molecular flexibility index (Phi) is 5.65. The zero-order valence-electron chi connectivity index (χ0n) is 20.2. The number of carbonyl (C=O) groups excluding carboxylic acids is 1. The Balaban J connectivity index is 1.38. The summed E-state index contributed by atoms with van der Waals surface area (Å²) in [5, 5.41) is 0. The number of rotatable bonds is 2. The van der Waals surface area contributed by atoms with E-state index in [0.717, 1.165) is 50.5 Å². The molecule has 2 aromatic carbocycles. The fourth-order valence-corrected chi connectivity index (χ4v) is 5.31. The van der Waals surface area contributed by atoms with E-state index in [2.05, 4.69) is 74.2 Å². The molecule has 172 valence electrons. The molecule has 1 aliphatic carbocycles. The summed E-state index contributed by atoms with van der Waals surface area (Å²) in [5.74, 6) is 1.68. The highest BCUT2D eigenvalue weighted by Crippen LogP contribution is 2.37. The van der Waals surface area contributed by atoms with E-state index in [9.17, 15) is 4.79 Å². The highest BCUT2D eigenvalue weighted by molar-refractivity contribution is 5.95. The summed E-state index contributed by atoms with van der Waals surface area (Å²) in [6.07, 6.45) is 2.16. The minimum absolute atomic E-state index is 0.0908. The second-order valence-corrected chi connectivity index (χ2v) is 10.5. The van der Waals surface area contributed by atoms with Gasteiger partial charge in [0.2, 0.25) is 0 Å². The van der Waals surface area contributed by atoms with Crippen molar-refractivity contribution in [2.45, 2.75) is 52.0 Å². The van der Waals surface area contributed by atoms with Crippen molar-refractivity contribution in [3.63, 3.8) is 0 Å². The molecule has 3 aromatic rings. The summed E-state index contributed by atoms with van der Waals surface area (Å²) < 4.78 is 5.94. The molecule has 1 amide bonds. The van der Waals surface area contributed by atoms with Crippen molar-refractivity contribution in [3.8, 4) is 0 Å². The van der Waals surface area contributed by atoms with Crippen LogP contribution in [0.2, 0.25) is 0 Å². The van der Waals surface area contributed by atoms with Crippen molar-refractivity contribution in [1.29, 1.82) is 0 Å². The van der Waals surface area contributed by atoms with Crippen molar-refractivity contribution >= 4 is 5.91 Å². The van der Waals surface area contributed by atoms with Crippen LogP contribution in [-0.4, -0.2) is 41.9 Å². The van der Waals surface area contributed by atoms with Crippen molar-refractivity contribution in [3.05, 3.63) is 93.9 Å². The molecule has 1 saturated heterocycles. The fourth-order valence-electron chi connectivity index (χ4n) is 5.31. The van der Waals surface area contributed by atoms with Crippen molar-refractivity contribution in [2.24, 2.45) is 0 Å². The van der Waals surface area contributed by atoms with Gasteiger partial charge >= 0.3 is 0 Å². The van der Waals surface area contributed by atoms with E-state index in [1.54, 1.807) is 0 Å². The van der Waals surface area contributed by atoms with Crippen LogP contribution in [0.15, 0.2) is 59.0 Å². The molecule has 4 heteroatoms. The predicted molar refractivity (Wildman–Crippen MR) is 132 cm³/mol. The maximum Gasteiger partial charge on any atom is 0.257 e. The monoisotopic (exact) mass is 442 g/mol. The molecule has 0 unspecified atom stereocenters. The second kappa shape index (κ2) is 8.49. The number of benzene rings is 2. The van der Waals surface area contributed by atoms with Gasteiger partial charge in [-0.3, -0.25) is 9.69 Å². The van der Waals surface area contributed by atoms with Gasteiger partial charge in [-0.25, -0.2) is 0 Å². The van der Waals surface area contributed by atoms with Gasteiger partial charge in [0.15, 0.2) is 0 Å². The first-order valence-electron chi connectivity index (χ1n) is 12.1. The van der Waals surface area contributed by atoms with Gasteiger partial charge < -0.3 is 9.32 Å². The molecule has 5 rings (SSSR count). The molecule has 0 saturated carbocycles. The zero-order valence-corrected chi connectivity index (χ0v) is 20.2. The number of hydrogen-bond donors (Lipinski definition) is 0. The van der Waals surface area contributed by atoms with E-state index in [0.29, 0.717) is 5.56 Å². The number of nitrogens with zero attached hydrogens (tertiary/aromatic N) is 2. The van der Waals surface area contributed by atoms with Gasteiger partial charge in [-0.05, 0) is 48.1 Å². The van der Waals surface area contributed by atoms with Crippen LogP contribution in [0.25, 0.3) is 0 Å². The third kappa shape index (κ3) is 4.13. The van der Waals surface area contributed by atoms with E-state index in [1.807, 2.05) is 17.9 Å². The van der Waals surface area contributed by atoms with Gasteiger partial charge in [-0.1, -0.05) is 69.3 Å². The van der Waals surface area contributed by atoms with Crippen LogP contribution < -0.4 is 0 Å². The van der Waals surface area contributed by atoms with Gasteiger partial charge in [-0.2, -0.15) is 0 Å². The standard InChI is InChI=1S/C29H34N2O2/c1-20-25(19-26(33-20)29(2,3)4)28(32)31-17-15-30(16-18-31)27-23-11-7-5-9-21(23)13-14-22-10-6-8-12-24(22)27/h5-12,19,27H,13-18H2,1-4H3. The first-order valence-corrected chi connectivity index (χ1v) is 12.1. The highest BCUT2D eigenvalue weighted by atomic mass is 16.3. The maximum absolute atomic E-state index is 13.3. The number of furan rings is 1. The summed E-state index contributed by atoms with van der Waals surface area (Å²) in [5.41, 5.74) is 6.33. The Morgan fingerprint density at radius 3 is 1.94 bits per heavy atom. The average molecular weight is 443 g/mol. The summed E-state index contributed by atoms with van der Waals surface area (Å²) in [6, 6.07) is 20.0. The Morgan fingerprint density at radius 1 is 0.879 bits per heavy atom. The normalized spacial score (nSPS) is 17.4. The molecular formula is C29H34N2O2. The summed E-state index contributed by atoms with van der Waals surface area (Å²) in [4.78, 5) is 17.9. The lowest BCUT2D eigenvalue weighted by Gasteiger charge is -2.40. The smallest absolute Gasteiger partial charge is 0.257 e. The Morgan fingerprint density at radius 2 is 1.42 bits per heavy atom. The molecule has 0 spiro atoms. The van der Waals surface area contributed by atoms with Crippen LogP contribution >= 0.6 is 0 Å². The largest absolute Gasteiger partial charge is 0.465 e. The van der Waals surface area contributed by atoms with E-state index in [1.165, 1.54) is 22.3 Å². The number of amides is 1. The van der Waals surface area contributed by atoms with Crippen molar-refractivity contribution in [1.82, 2.24) is 9.80 Å². The van der Waals surface area contributed by atoms with Crippen LogP contribution in [0.1, 0.15) is 70.9 Å². The van der Waals surface area contributed by atoms with Crippen LogP contribution in [0.5, 0.6) is 0 Å². The lowest BCUT2D eigenvalue weighted by Crippen LogP contribution is -2.50. The molecule has 0 atom stereocenters. The topological polar surface area (TPSA) is 36.7 Å². The predicted octanol–water partition coefficient (Wildman–Crippen LogP) is 5.53. The van der Waals surface area contributed by atoms with Crippen LogP contribution in [0.4, 0.5) is 0 Å². The van der Waals surface area contributed by atoms with Crippen molar-refractivity contribution < 1.29 is 9.21 Å². The zero-order chi connectivity index (χ0) is 23.2. The number of hydrogen-bond acceptors (Lipinski definition) is 3. The van der Waals surface area contributed by atoms with Gasteiger partial charge in [0.1, 0.15) is 11.5 Å². The average Bonchev–Trinajstić information content (AvgIpc) is 3.13. The Labute approximate surface area is 197 Å². The van der Waals surface area contributed by atoms with Gasteiger partial charge in [0.25, 0.3) is 5.91 Å². The van der Waals surface area contributed by atoms with E-state index >= 15 is 0 Å². The van der Waals surface area contributed by atoms with Gasteiger partial charge in [-0.15, -0.1) is 0 Å². The third-order valence-corrected chi connectivity index (χ3v) is 7.22. The highest BCUT2D eigenvalue weighted by Gasteiger charge is 2.33. The minimum Gasteiger partial charge on any atom is -0.465 e. The van der Waals surface area contributed by atoms with Crippen molar-refractivity contribution in [2.75, 3.05) is 26.2 Å². The minimum atomic E-state index is -0.109. The lowest BCUT2D eigenvalue weighted by molar-refractivity contribution is 0.0595. The molecule has 33 heavy (non-hydrogen) atoms. The van der Waals surface area contributed by atoms with Crippen LogP contribution in [0, 0.1) is 6.92 Å². The molecule has 1 fully saturated rings. The summed E-state index contributed by atoms with van der Waals surface area (Å²) >= 11 is 0. The first-order chi connectivity index (χ1) is 15.8. The Hall–Kier alpha value is -2.85. The quantitative estimate of drug-likeness (QED) is 0.523. The molecule has 1 aromatic heterocycles. The molecule has 0 bridgehead atoms. The summed E-state index contributed by atoms with van der Waals surface area (Å²) in [7, 11) is 0. The van der Waals surface area contributed by atoms with Gasteiger partial charge in [0.05, 0.1) is 11.6 Å². The molecule has 2 aliphatic rings. The van der Waals surface area contributed by atoms with E-state index < -0.39 is 0 Å². The number of carbonyl (C=O) groups is 1. The first kappa shape index (κ1) is 22.0. The lowest BCUT2D eigenvalue weighted by atomic mass is 9.92. The second-order valence-electron chi connectivity index (χ2n) is 10.5. The molecule has 0 N–H and O–H groups in total. The molecule has 4 nitrogen and oxygen atoms in total. The van der Waals surface area contributed by atoms with E-state index in [-0.39, 0.29) is 17.4 Å². The van der Waals surface area contributed by atoms with E-state index in [4.69, 9.17) is 4.42 Å². The molecule has 0 radical (unpaired) electrons. The molecule has 2 heterocycles. The Bertz CT molecular complexity index is 1110. The van der Waals surface area contributed by atoms with Crippen LogP contribution in [-0.2, 0) is 18.3 Å². The SMILES string of the molecule is Cc1oc(C(C)(C)C)cc1C(=O)N1CCN(C2c3ccccc3CCc3ccccc32)CC1. The fraction of sp³-hybridized carbons (Fsp3) is 0.414. The van der Waals surface area contributed by atoms with Gasteiger partial charge in [0, 0.05) is 31.6 Å². The van der Waals surface area contributed by atoms with Crippen LogP contribution in [0.3, 0.4) is 0 Å². The summed E-state index contributed by atoms with van der Waals surface area (Å²) in [6.45, 7) is 11.4. The number of piperazine rings is 1. The third-order valence-electron chi connectivity index (χ3n) is 7.22. The number of fused-ring (bicyclic) bond motifs is 2. The molecule has 1 aliphatic heterocycles.